The molecule has 2 radical (unpaired) electrons. The number of aryl methyl sites for hydroxylation is 2. The summed E-state index contributed by atoms with van der Waals surface area (Å²) in [6.07, 6.45) is 0. The third kappa shape index (κ3) is 9.18. The summed E-state index contributed by atoms with van der Waals surface area (Å²) in [7, 11) is 11.0. The van der Waals surface area contributed by atoms with Crippen molar-refractivity contribution in [3.63, 3.8) is 0 Å². The van der Waals surface area contributed by atoms with E-state index < -0.39 is 20.8 Å². The molecular weight excluding hydrogens is 563 g/mol. The van der Waals surface area contributed by atoms with Crippen LogP contribution in [0.15, 0.2) is 91.0 Å². The van der Waals surface area contributed by atoms with Crippen LogP contribution in [0.1, 0.15) is 36.5 Å². The zero-order chi connectivity index (χ0) is 25.8. The zero-order valence-corrected chi connectivity index (χ0v) is 26.5. The SMILES string of the molecule is CC(C)c1cc2ccccc2[cH-]1.C[Si]C.Cc1cc(-c2ccccc2)c2cc(C)[cH-]c2c1.[Cl][Zr+2][Cl]. The molecule has 5 rings (SSSR count). The van der Waals surface area contributed by atoms with Crippen molar-refractivity contribution in [2.75, 3.05) is 0 Å². The summed E-state index contributed by atoms with van der Waals surface area (Å²) in [4.78, 5) is 0. The molecule has 0 aliphatic rings. The minimum absolute atomic E-state index is 0.636. The fourth-order valence-corrected chi connectivity index (χ4v) is 3.99. The topological polar surface area (TPSA) is 0 Å². The predicted octanol–water partition coefficient (Wildman–Crippen LogP) is 10.7. The normalized spacial score (nSPS) is 9.97. The Morgan fingerprint density at radius 2 is 1.37 bits per heavy atom. The van der Waals surface area contributed by atoms with Gasteiger partial charge in [-0.15, -0.1) is 69.1 Å². The van der Waals surface area contributed by atoms with Crippen molar-refractivity contribution >= 4 is 48.1 Å². The second-order valence-corrected chi connectivity index (χ2v) is 13.6. The molecule has 0 N–H and O–H groups in total. The van der Waals surface area contributed by atoms with Crippen LogP contribution in [0.25, 0.3) is 32.7 Å². The Morgan fingerprint density at radius 3 is 1.97 bits per heavy atom. The molecule has 0 atom stereocenters. The predicted molar refractivity (Wildman–Crippen MR) is 157 cm³/mol. The fraction of sp³-hybridized carbons (Fsp3) is 0.226. The Labute approximate surface area is 232 Å². The average Bonchev–Trinajstić information content (AvgIpc) is 3.43. The number of benzene rings is 3. The van der Waals surface area contributed by atoms with Gasteiger partial charge in [0.05, 0.1) is 0 Å². The van der Waals surface area contributed by atoms with E-state index in [4.69, 9.17) is 17.0 Å². The molecule has 35 heavy (non-hydrogen) atoms. The van der Waals surface area contributed by atoms with Crippen LogP contribution in [-0.2, 0) is 20.8 Å². The van der Waals surface area contributed by atoms with Gasteiger partial charge in [-0.2, -0.15) is 12.1 Å². The molecule has 5 aromatic rings. The molecule has 0 aromatic heterocycles. The van der Waals surface area contributed by atoms with Gasteiger partial charge in [0.25, 0.3) is 0 Å². The average molecular weight is 597 g/mol. The minimum atomic E-state index is -0.826. The molecule has 180 valence electrons. The maximum absolute atomic E-state index is 4.93. The molecule has 0 saturated carbocycles. The molecule has 4 heteroatoms. The molecule has 0 amide bonds. The Balaban J connectivity index is 0.000000209. The first-order valence-electron chi connectivity index (χ1n) is 11.8. The fourth-order valence-electron chi connectivity index (χ4n) is 3.99. The molecule has 0 unspecified atom stereocenters. The molecule has 0 aliphatic heterocycles. The molecule has 0 saturated heterocycles. The van der Waals surface area contributed by atoms with Gasteiger partial charge in [0, 0.05) is 9.52 Å². The van der Waals surface area contributed by atoms with Gasteiger partial charge in [0.2, 0.25) is 0 Å². The van der Waals surface area contributed by atoms with Crippen LogP contribution in [0.2, 0.25) is 13.1 Å². The molecule has 0 fully saturated rings. The summed E-state index contributed by atoms with van der Waals surface area (Å²) in [5.41, 5.74) is 6.74. The number of hydrogen-bond donors (Lipinski definition) is 0. The van der Waals surface area contributed by atoms with E-state index in [0.717, 1.165) is 9.52 Å². The first-order chi connectivity index (χ1) is 16.8. The Hall–Kier alpha value is -1.44. The first kappa shape index (κ1) is 29.8. The van der Waals surface area contributed by atoms with E-state index in [1.165, 1.54) is 49.4 Å². The Bertz CT molecular complexity index is 1250. The van der Waals surface area contributed by atoms with Gasteiger partial charge in [-0.25, -0.2) is 0 Å². The second kappa shape index (κ2) is 15.6. The molecule has 0 aliphatic carbocycles. The quantitative estimate of drug-likeness (QED) is 0.140. The van der Waals surface area contributed by atoms with Crippen LogP contribution in [0.3, 0.4) is 0 Å². The molecule has 0 bridgehead atoms. The van der Waals surface area contributed by atoms with E-state index in [2.05, 4.69) is 132 Å². The Kier molecular flexibility index (Phi) is 13.3. The number of halogens is 2. The van der Waals surface area contributed by atoms with E-state index in [1.807, 2.05) is 0 Å². The maximum atomic E-state index is 4.93. The zero-order valence-electron chi connectivity index (χ0n) is 21.5. The third-order valence-electron chi connectivity index (χ3n) is 5.50. The van der Waals surface area contributed by atoms with Gasteiger partial charge in [0.1, 0.15) is 0 Å². The van der Waals surface area contributed by atoms with Gasteiger partial charge in [-0.05, 0) is 18.4 Å². The van der Waals surface area contributed by atoms with Crippen molar-refractivity contribution in [1.82, 2.24) is 0 Å². The second-order valence-electron chi connectivity index (χ2n) is 8.86. The summed E-state index contributed by atoms with van der Waals surface area (Å²) >= 11 is -0.826. The summed E-state index contributed by atoms with van der Waals surface area (Å²) in [5.74, 6) is 0.636. The molecule has 0 heterocycles. The van der Waals surface area contributed by atoms with Crippen LogP contribution in [0.5, 0.6) is 0 Å². The van der Waals surface area contributed by atoms with Crippen LogP contribution in [0, 0.1) is 13.8 Å². The molecule has 0 spiro atoms. The number of rotatable bonds is 2. The molecular formula is C31H34Cl2SiZr. The summed E-state index contributed by atoms with van der Waals surface area (Å²) in [6, 6.07) is 32.7. The summed E-state index contributed by atoms with van der Waals surface area (Å²) < 4.78 is 0. The van der Waals surface area contributed by atoms with Crippen LogP contribution < -0.4 is 0 Å². The number of hydrogen-bond acceptors (Lipinski definition) is 0. The van der Waals surface area contributed by atoms with E-state index in [0.29, 0.717) is 5.92 Å². The third-order valence-corrected chi connectivity index (χ3v) is 5.50. The van der Waals surface area contributed by atoms with Crippen LogP contribution in [-0.4, -0.2) is 9.52 Å². The van der Waals surface area contributed by atoms with Gasteiger partial charge in [-0.3, -0.25) is 0 Å². The van der Waals surface area contributed by atoms with Crippen molar-refractivity contribution in [3.8, 4) is 11.1 Å². The van der Waals surface area contributed by atoms with Crippen LogP contribution >= 0.6 is 17.0 Å². The van der Waals surface area contributed by atoms with E-state index in [-0.39, 0.29) is 0 Å². The standard InChI is InChI=1S/C17H15.C12H13.C2H6Si.2ClH.Zr/c1-12-8-15-9-13(2)11-17(15)16(10-12)14-6-4-3-5-7-14;1-9(2)12-7-10-5-3-4-6-11(10)8-12;1-3-2;;;/h3-11H,1-2H3;3-9H,1-2H3;1-2H3;2*1H;/q2*-1;;;;+4/p-2. The van der Waals surface area contributed by atoms with E-state index >= 15 is 0 Å². The van der Waals surface area contributed by atoms with E-state index in [9.17, 15) is 0 Å². The summed E-state index contributed by atoms with van der Waals surface area (Å²) in [5, 5.41) is 5.43. The molecule has 5 aromatic carbocycles. The first-order valence-corrected chi connectivity index (χ1v) is 20.1. The van der Waals surface area contributed by atoms with Gasteiger partial charge in [-0.1, -0.05) is 87.5 Å². The Morgan fingerprint density at radius 1 is 0.771 bits per heavy atom. The van der Waals surface area contributed by atoms with Crippen molar-refractivity contribution in [2.24, 2.45) is 0 Å². The monoisotopic (exact) mass is 594 g/mol. The van der Waals surface area contributed by atoms with Crippen molar-refractivity contribution in [2.45, 2.75) is 46.7 Å². The van der Waals surface area contributed by atoms with Gasteiger partial charge >= 0.3 is 37.9 Å². The van der Waals surface area contributed by atoms with Crippen molar-refractivity contribution < 1.29 is 20.8 Å². The summed E-state index contributed by atoms with van der Waals surface area (Å²) in [6.45, 7) is 13.1. The van der Waals surface area contributed by atoms with E-state index in [1.54, 1.807) is 0 Å². The van der Waals surface area contributed by atoms with Crippen LogP contribution in [0.4, 0.5) is 0 Å². The number of fused-ring (bicyclic) bond motifs is 2. The van der Waals surface area contributed by atoms with Gasteiger partial charge < -0.3 is 0 Å². The van der Waals surface area contributed by atoms with Crippen molar-refractivity contribution in [1.29, 1.82) is 0 Å². The molecule has 0 nitrogen and oxygen atoms in total. The van der Waals surface area contributed by atoms with Gasteiger partial charge in [0.15, 0.2) is 0 Å². The van der Waals surface area contributed by atoms with Crippen molar-refractivity contribution in [3.05, 3.63) is 108 Å².